The Bertz CT molecular complexity index is 1030. The molecular weight excluding hydrogens is 408 g/mol. The van der Waals surface area contributed by atoms with E-state index in [0.29, 0.717) is 28.8 Å². The fraction of sp³-hybridized carbons (Fsp3) is 0.273. The van der Waals surface area contributed by atoms with Gasteiger partial charge in [-0.1, -0.05) is 11.6 Å². The van der Waals surface area contributed by atoms with Gasteiger partial charge in [0.05, 0.1) is 12.8 Å². The molecule has 2 heterocycles. The zero-order valence-corrected chi connectivity index (χ0v) is 17.8. The van der Waals surface area contributed by atoms with Crippen LogP contribution < -0.4 is 14.4 Å². The van der Waals surface area contributed by atoms with Crippen LogP contribution in [0.3, 0.4) is 0 Å². The first kappa shape index (κ1) is 19.7. The number of benzene rings is 2. The summed E-state index contributed by atoms with van der Waals surface area (Å²) in [6.45, 7) is 2.88. The van der Waals surface area contributed by atoms with Crippen molar-refractivity contribution in [3.05, 3.63) is 68.6 Å². The molecule has 0 atom stereocenters. The number of carbonyl (C=O) groups excluding carboxylic acids is 1. The normalized spacial score (nSPS) is 13.1. The highest BCUT2D eigenvalue weighted by Crippen LogP contribution is 2.33. The van der Waals surface area contributed by atoms with Crippen molar-refractivity contribution in [3.8, 4) is 11.5 Å². The minimum Gasteiger partial charge on any atom is -0.497 e. The molecule has 4 rings (SSSR count). The number of nitrogens with zero attached hydrogens (tertiary/aromatic N) is 2. The van der Waals surface area contributed by atoms with Crippen LogP contribution in [0.4, 0.5) is 5.69 Å². The SMILES string of the molecule is COc1ccc2c(c1)CCCN2C(=O)c1sc(COc2ccc(Cl)cc2)nc1C. The topological polar surface area (TPSA) is 51.7 Å². The molecular formula is C22H21ClN2O3S. The number of hydrogen-bond acceptors (Lipinski definition) is 5. The summed E-state index contributed by atoms with van der Waals surface area (Å²) in [4.78, 5) is 20.3. The van der Waals surface area contributed by atoms with Gasteiger partial charge < -0.3 is 14.4 Å². The maximum absolute atomic E-state index is 13.3. The van der Waals surface area contributed by atoms with Gasteiger partial charge in [-0.15, -0.1) is 11.3 Å². The van der Waals surface area contributed by atoms with Gasteiger partial charge in [-0.25, -0.2) is 4.98 Å². The van der Waals surface area contributed by atoms with Gasteiger partial charge in [0, 0.05) is 17.3 Å². The van der Waals surface area contributed by atoms with Crippen molar-refractivity contribution in [2.24, 2.45) is 0 Å². The number of aryl methyl sites for hydroxylation is 2. The summed E-state index contributed by atoms with van der Waals surface area (Å²) < 4.78 is 11.1. The van der Waals surface area contributed by atoms with Crippen molar-refractivity contribution in [2.75, 3.05) is 18.6 Å². The summed E-state index contributed by atoms with van der Waals surface area (Å²) in [7, 11) is 1.65. The van der Waals surface area contributed by atoms with Crippen LogP contribution in [0.2, 0.25) is 5.02 Å². The number of anilines is 1. The van der Waals surface area contributed by atoms with Gasteiger partial charge >= 0.3 is 0 Å². The second-order valence-electron chi connectivity index (χ2n) is 6.82. The highest BCUT2D eigenvalue weighted by atomic mass is 35.5. The van der Waals surface area contributed by atoms with Gasteiger partial charge in [0.1, 0.15) is 28.0 Å². The van der Waals surface area contributed by atoms with E-state index >= 15 is 0 Å². The van der Waals surface area contributed by atoms with Crippen molar-refractivity contribution in [1.29, 1.82) is 0 Å². The lowest BCUT2D eigenvalue weighted by Gasteiger charge is -2.29. The van der Waals surface area contributed by atoms with Crippen LogP contribution >= 0.6 is 22.9 Å². The predicted molar refractivity (Wildman–Crippen MR) is 116 cm³/mol. The molecule has 0 bridgehead atoms. The maximum atomic E-state index is 13.3. The van der Waals surface area contributed by atoms with Gasteiger partial charge in [0.15, 0.2) is 0 Å². The van der Waals surface area contributed by atoms with Crippen LogP contribution in [-0.2, 0) is 13.0 Å². The number of carbonyl (C=O) groups is 1. The number of thiazole rings is 1. The van der Waals surface area contributed by atoms with E-state index in [9.17, 15) is 4.79 Å². The average molecular weight is 429 g/mol. The maximum Gasteiger partial charge on any atom is 0.270 e. The lowest BCUT2D eigenvalue weighted by Crippen LogP contribution is -2.35. The third-order valence-electron chi connectivity index (χ3n) is 4.86. The van der Waals surface area contributed by atoms with Crippen LogP contribution in [0, 0.1) is 6.92 Å². The summed E-state index contributed by atoms with van der Waals surface area (Å²) in [5, 5.41) is 1.43. The molecule has 150 valence electrons. The fourth-order valence-corrected chi connectivity index (χ4v) is 4.48. The molecule has 0 radical (unpaired) electrons. The van der Waals surface area contributed by atoms with E-state index in [1.54, 1.807) is 19.2 Å². The zero-order valence-electron chi connectivity index (χ0n) is 16.3. The van der Waals surface area contributed by atoms with E-state index < -0.39 is 0 Å². The lowest BCUT2D eigenvalue weighted by molar-refractivity contribution is 0.0988. The second-order valence-corrected chi connectivity index (χ2v) is 8.34. The summed E-state index contributed by atoms with van der Waals surface area (Å²) in [6, 6.07) is 13.1. The Balaban J connectivity index is 1.52. The number of amides is 1. The van der Waals surface area contributed by atoms with Crippen LogP contribution in [0.5, 0.6) is 11.5 Å². The van der Waals surface area contributed by atoms with Gasteiger partial charge in [-0.3, -0.25) is 4.79 Å². The summed E-state index contributed by atoms with van der Waals surface area (Å²) >= 11 is 7.29. The summed E-state index contributed by atoms with van der Waals surface area (Å²) in [5.41, 5.74) is 2.82. The van der Waals surface area contributed by atoms with Crippen LogP contribution in [0.25, 0.3) is 0 Å². The monoisotopic (exact) mass is 428 g/mol. The number of hydrogen-bond donors (Lipinski definition) is 0. The first-order valence-corrected chi connectivity index (χ1v) is 10.6. The third-order valence-corrected chi connectivity index (χ3v) is 6.23. The zero-order chi connectivity index (χ0) is 20.4. The number of ether oxygens (including phenoxy) is 2. The molecule has 1 amide bonds. The van der Waals surface area contributed by atoms with Crippen LogP contribution in [0.15, 0.2) is 42.5 Å². The average Bonchev–Trinajstić information content (AvgIpc) is 3.12. The van der Waals surface area contributed by atoms with Crippen molar-refractivity contribution in [1.82, 2.24) is 4.98 Å². The Hall–Kier alpha value is -2.57. The third kappa shape index (κ3) is 4.23. The molecule has 1 aliphatic rings. The standard InChI is InChI=1S/C22H21ClN2O3S/c1-14-21(29-20(24-14)13-28-17-7-5-16(23)6-8-17)22(26)25-11-3-4-15-12-18(27-2)9-10-19(15)25/h5-10,12H,3-4,11,13H2,1-2H3. The van der Waals surface area contributed by atoms with E-state index in [2.05, 4.69) is 4.98 Å². The molecule has 3 aromatic rings. The Morgan fingerprint density at radius 1 is 1.21 bits per heavy atom. The quantitative estimate of drug-likeness (QED) is 0.554. The Morgan fingerprint density at radius 2 is 1.97 bits per heavy atom. The first-order chi connectivity index (χ1) is 14.0. The molecule has 0 aliphatic carbocycles. The van der Waals surface area contributed by atoms with Gasteiger partial charge in [0.2, 0.25) is 0 Å². The lowest BCUT2D eigenvalue weighted by atomic mass is 10.0. The summed E-state index contributed by atoms with van der Waals surface area (Å²) in [5.74, 6) is 1.52. The molecule has 1 aromatic heterocycles. The minimum atomic E-state index is -0.0103. The van der Waals surface area contributed by atoms with Crippen LogP contribution in [-0.4, -0.2) is 24.5 Å². The molecule has 0 N–H and O–H groups in total. The number of halogens is 1. The number of aromatic nitrogens is 1. The highest BCUT2D eigenvalue weighted by molar-refractivity contribution is 7.13. The number of fused-ring (bicyclic) bond motifs is 1. The van der Waals surface area contributed by atoms with E-state index in [0.717, 1.165) is 40.5 Å². The minimum absolute atomic E-state index is 0.0103. The predicted octanol–water partition coefficient (Wildman–Crippen LogP) is 5.29. The van der Waals surface area contributed by atoms with E-state index in [1.165, 1.54) is 11.3 Å². The molecule has 2 aromatic carbocycles. The molecule has 7 heteroatoms. The molecule has 0 fully saturated rings. The second kappa shape index (κ2) is 8.43. The Labute approximate surface area is 178 Å². The van der Waals surface area contributed by atoms with Crippen molar-refractivity contribution >= 4 is 34.5 Å². The fourth-order valence-electron chi connectivity index (χ4n) is 3.42. The molecule has 0 saturated carbocycles. The number of rotatable bonds is 5. The summed E-state index contributed by atoms with van der Waals surface area (Å²) in [6.07, 6.45) is 1.87. The molecule has 29 heavy (non-hydrogen) atoms. The molecule has 0 saturated heterocycles. The van der Waals surface area contributed by atoms with Crippen molar-refractivity contribution in [2.45, 2.75) is 26.4 Å². The Morgan fingerprint density at radius 3 is 2.72 bits per heavy atom. The van der Waals surface area contributed by atoms with Gasteiger partial charge in [0.25, 0.3) is 5.91 Å². The molecule has 0 unspecified atom stereocenters. The van der Waals surface area contributed by atoms with Gasteiger partial charge in [-0.2, -0.15) is 0 Å². The Kier molecular flexibility index (Phi) is 5.74. The smallest absolute Gasteiger partial charge is 0.270 e. The molecule has 0 spiro atoms. The van der Waals surface area contributed by atoms with E-state index in [4.69, 9.17) is 21.1 Å². The van der Waals surface area contributed by atoms with Crippen LogP contribution in [0.1, 0.15) is 32.4 Å². The highest BCUT2D eigenvalue weighted by Gasteiger charge is 2.27. The molecule has 1 aliphatic heterocycles. The van der Waals surface area contributed by atoms with E-state index in [-0.39, 0.29) is 5.91 Å². The first-order valence-electron chi connectivity index (χ1n) is 9.38. The van der Waals surface area contributed by atoms with Crippen molar-refractivity contribution in [3.63, 3.8) is 0 Å². The number of methoxy groups -OCH3 is 1. The van der Waals surface area contributed by atoms with Gasteiger partial charge in [-0.05, 0) is 67.8 Å². The van der Waals surface area contributed by atoms with Crippen molar-refractivity contribution < 1.29 is 14.3 Å². The van der Waals surface area contributed by atoms with E-state index in [1.807, 2.05) is 42.2 Å². The molecule has 5 nitrogen and oxygen atoms in total. The largest absolute Gasteiger partial charge is 0.497 e.